The van der Waals surface area contributed by atoms with Gasteiger partial charge in [-0.3, -0.25) is 4.79 Å². The van der Waals surface area contributed by atoms with E-state index >= 15 is 0 Å². The van der Waals surface area contributed by atoms with Gasteiger partial charge in [-0.15, -0.1) is 0 Å². The lowest BCUT2D eigenvalue weighted by molar-refractivity contribution is -0.134. The lowest BCUT2D eigenvalue weighted by atomic mass is 9.74. The summed E-state index contributed by atoms with van der Waals surface area (Å²) in [6.07, 6.45) is -0.251. The highest BCUT2D eigenvalue weighted by molar-refractivity contribution is 7.91. The molecule has 1 saturated heterocycles. The largest absolute Gasteiger partial charge is 0.514 e. The molecule has 0 bridgehead atoms. The molecule has 5 nitrogen and oxygen atoms in total. The molecular weight excluding hydrogens is 406 g/mol. The zero-order valence-electron chi connectivity index (χ0n) is 13.6. The fourth-order valence-electron chi connectivity index (χ4n) is 2.77. The predicted octanol–water partition coefficient (Wildman–Crippen LogP) is 2.35. The van der Waals surface area contributed by atoms with Gasteiger partial charge < -0.3 is 4.65 Å². The van der Waals surface area contributed by atoms with Gasteiger partial charge >= 0.3 is 28.6 Å². The molecule has 0 radical (unpaired) electrons. The van der Waals surface area contributed by atoms with E-state index in [1.54, 1.807) is 30.3 Å². The first-order chi connectivity index (χ1) is 12.6. The summed E-state index contributed by atoms with van der Waals surface area (Å²) in [6, 6.07) is 11.8. The molecule has 1 fully saturated rings. The third-order valence-electron chi connectivity index (χ3n) is 4.04. The van der Waals surface area contributed by atoms with Crippen LogP contribution < -0.4 is 5.46 Å². The molecule has 0 spiro atoms. The van der Waals surface area contributed by atoms with Crippen molar-refractivity contribution in [3.05, 3.63) is 65.2 Å². The Labute approximate surface area is 158 Å². The quantitative estimate of drug-likeness (QED) is 0.717. The van der Waals surface area contributed by atoms with Crippen LogP contribution in [-0.2, 0) is 25.9 Å². The van der Waals surface area contributed by atoms with Crippen LogP contribution in [0.15, 0.2) is 54.6 Å². The predicted molar refractivity (Wildman–Crippen MR) is 93.7 cm³/mol. The third kappa shape index (κ3) is 3.83. The molecule has 142 valence electrons. The Kier molecular flexibility index (Phi) is 5.24. The van der Waals surface area contributed by atoms with E-state index in [1.807, 2.05) is 0 Å². The maximum Gasteiger partial charge on any atom is 0.510 e. The highest BCUT2D eigenvalue weighted by Gasteiger charge is 2.61. The van der Waals surface area contributed by atoms with Crippen molar-refractivity contribution in [2.24, 2.45) is 0 Å². The molecule has 3 rings (SSSR count). The van der Waals surface area contributed by atoms with E-state index in [1.165, 1.54) is 24.3 Å². The molecule has 11 heteroatoms. The molecule has 1 atom stereocenters. The summed E-state index contributed by atoms with van der Waals surface area (Å²) in [5, 5.41) is 0.300. The summed E-state index contributed by atoms with van der Waals surface area (Å²) < 4.78 is 69.3. The van der Waals surface area contributed by atoms with Gasteiger partial charge in [0.05, 0.1) is 0 Å². The van der Waals surface area contributed by atoms with Gasteiger partial charge in [0, 0.05) is 5.02 Å². The normalized spacial score (nSPS) is 18.6. The Morgan fingerprint density at radius 3 is 2.22 bits per heavy atom. The molecule has 0 unspecified atom stereocenters. The Morgan fingerprint density at radius 2 is 1.67 bits per heavy atom. The zero-order chi connectivity index (χ0) is 19.8. The van der Waals surface area contributed by atoms with Gasteiger partial charge in [-0.25, -0.2) is 8.42 Å². The van der Waals surface area contributed by atoms with Crippen LogP contribution in [0.1, 0.15) is 5.56 Å². The average molecular weight is 418 g/mol. The van der Waals surface area contributed by atoms with Crippen LogP contribution in [0.25, 0.3) is 0 Å². The van der Waals surface area contributed by atoms with Crippen LogP contribution in [-0.4, -0.2) is 37.2 Å². The minimum absolute atomic E-state index is 0.0659. The summed E-state index contributed by atoms with van der Waals surface area (Å²) >= 11 is 5.76. The summed E-state index contributed by atoms with van der Waals surface area (Å²) in [5.41, 5.74) is -5.02. The number of hydrogen-bond donors (Lipinski definition) is 0. The molecule has 2 aromatic carbocycles. The Morgan fingerprint density at radius 1 is 1.07 bits per heavy atom. The van der Waals surface area contributed by atoms with Crippen molar-refractivity contribution in [1.82, 2.24) is 4.22 Å². The van der Waals surface area contributed by atoms with E-state index in [-0.39, 0.29) is 16.1 Å². The Hall–Kier alpha value is -2.04. The van der Waals surface area contributed by atoms with Crippen LogP contribution >= 0.6 is 11.6 Å². The molecule has 0 saturated carbocycles. The van der Waals surface area contributed by atoms with Crippen molar-refractivity contribution >= 4 is 40.1 Å². The van der Waals surface area contributed by atoms with Crippen molar-refractivity contribution < 1.29 is 31.0 Å². The third-order valence-corrected chi connectivity index (χ3v) is 5.87. The number of carbonyl (C=O) groups is 1. The van der Waals surface area contributed by atoms with E-state index in [9.17, 15) is 26.4 Å². The van der Waals surface area contributed by atoms with Crippen LogP contribution in [0.3, 0.4) is 0 Å². The van der Waals surface area contributed by atoms with Crippen molar-refractivity contribution in [1.29, 1.82) is 0 Å². The fourth-order valence-corrected chi connectivity index (χ4v) is 4.05. The van der Waals surface area contributed by atoms with Crippen LogP contribution in [0.2, 0.25) is 5.02 Å². The van der Waals surface area contributed by atoms with Crippen molar-refractivity contribution in [2.75, 3.05) is 0 Å². The number of nitrogens with zero attached hydrogens (tertiary/aromatic N) is 1. The van der Waals surface area contributed by atoms with Gasteiger partial charge in [-0.2, -0.15) is 17.4 Å². The second-order valence-corrected chi connectivity index (χ2v) is 8.10. The number of hydrogen-bond acceptors (Lipinski definition) is 4. The first kappa shape index (κ1) is 19.7. The van der Waals surface area contributed by atoms with Crippen molar-refractivity contribution in [3.8, 4) is 0 Å². The number of benzene rings is 2. The monoisotopic (exact) mass is 417 g/mol. The van der Waals surface area contributed by atoms with Gasteiger partial charge in [0.2, 0.25) is 0 Å². The average Bonchev–Trinajstić information content (AvgIpc) is 2.92. The van der Waals surface area contributed by atoms with Gasteiger partial charge in [-0.1, -0.05) is 54.1 Å². The van der Waals surface area contributed by atoms with Gasteiger partial charge in [0.15, 0.2) is 0 Å². The number of halogens is 4. The minimum atomic E-state index is -5.83. The Balaban J connectivity index is 2.06. The van der Waals surface area contributed by atoms with E-state index in [4.69, 9.17) is 16.3 Å². The first-order valence-electron chi connectivity index (χ1n) is 7.71. The highest BCUT2D eigenvalue weighted by atomic mass is 35.5. The van der Waals surface area contributed by atoms with Crippen LogP contribution in [0.4, 0.5) is 13.2 Å². The smallest absolute Gasteiger partial charge is 0.510 e. The zero-order valence-corrected chi connectivity index (χ0v) is 15.1. The Bertz CT molecular complexity index is 938. The maximum absolute atomic E-state index is 13.3. The topological polar surface area (TPSA) is 63.7 Å². The van der Waals surface area contributed by atoms with E-state index in [2.05, 4.69) is 0 Å². The van der Waals surface area contributed by atoms with Gasteiger partial charge in [-0.05, 0) is 29.6 Å². The SMILES string of the molecule is O=C1OB(c2ccc(Cl)cc2)N(S(=O)(=O)C(F)(F)F)[C@H]1Cc1ccccc1. The van der Waals surface area contributed by atoms with E-state index in [0.29, 0.717) is 10.6 Å². The van der Waals surface area contributed by atoms with Crippen LogP contribution in [0.5, 0.6) is 0 Å². The van der Waals surface area contributed by atoms with Crippen molar-refractivity contribution in [3.63, 3.8) is 0 Å². The maximum atomic E-state index is 13.3. The van der Waals surface area contributed by atoms with Crippen molar-refractivity contribution in [2.45, 2.75) is 18.0 Å². The van der Waals surface area contributed by atoms with Gasteiger partial charge in [0.1, 0.15) is 6.04 Å². The van der Waals surface area contributed by atoms with Crippen LogP contribution in [0, 0.1) is 0 Å². The molecule has 0 amide bonds. The number of rotatable bonds is 4. The number of carbonyl (C=O) groups excluding carboxylic acids is 1. The highest BCUT2D eigenvalue weighted by Crippen LogP contribution is 2.33. The van der Waals surface area contributed by atoms with E-state index < -0.39 is 34.6 Å². The fraction of sp³-hybridized carbons (Fsp3) is 0.188. The lowest BCUT2D eigenvalue weighted by Gasteiger charge is -2.24. The lowest BCUT2D eigenvalue weighted by Crippen LogP contribution is -2.55. The van der Waals surface area contributed by atoms with Gasteiger partial charge in [0.25, 0.3) is 0 Å². The summed E-state index contributed by atoms with van der Waals surface area (Å²) in [4.78, 5) is 12.3. The molecular formula is C16H12BClF3NO4S. The molecule has 1 aliphatic heterocycles. The summed E-state index contributed by atoms with van der Waals surface area (Å²) in [7, 11) is -7.56. The number of alkyl halides is 3. The molecule has 2 aromatic rings. The second kappa shape index (κ2) is 7.18. The molecule has 27 heavy (non-hydrogen) atoms. The molecule has 0 aliphatic carbocycles. The summed E-state index contributed by atoms with van der Waals surface area (Å²) in [6.45, 7) is 0. The second-order valence-electron chi connectivity index (χ2n) is 5.83. The summed E-state index contributed by atoms with van der Waals surface area (Å²) in [5.74, 6) is -1.05. The molecule has 0 aromatic heterocycles. The molecule has 1 heterocycles. The minimum Gasteiger partial charge on any atom is -0.514 e. The first-order valence-corrected chi connectivity index (χ1v) is 9.53. The molecule has 0 N–H and O–H groups in total. The number of sulfonamides is 1. The standard InChI is InChI=1S/C16H12BClF3NO4S/c18-13-8-6-12(7-9-13)17-22(27(24,25)16(19,20)21)14(15(23)26-17)10-11-4-2-1-3-5-11/h1-9,14H,10H2/t14-/m0/s1. The van der Waals surface area contributed by atoms with E-state index in [0.717, 1.165) is 0 Å². The molecule has 1 aliphatic rings.